The molecule has 1 aliphatic carbocycles. The van der Waals surface area contributed by atoms with Crippen molar-refractivity contribution >= 4 is 5.82 Å². The normalized spacial score (nSPS) is 24.7. The van der Waals surface area contributed by atoms with Gasteiger partial charge >= 0.3 is 0 Å². The Hall–Kier alpha value is -1.05. The lowest BCUT2D eigenvalue weighted by molar-refractivity contribution is 0.692. The molecular formula is C12H18N2. The van der Waals surface area contributed by atoms with Crippen molar-refractivity contribution in [2.45, 2.75) is 39.2 Å². The van der Waals surface area contributed by atoms with Crippen LogP contribution < -0.4 is 5.32 Å². The highest BCUT2D eigenvalue weighted by Crippen LogP contribution is 2.36. The van der Waals surface area contributed by atoms with E-state index in [0.29, 0.717) is 6.04 Å². The number of aromatic nitrogens is 1. The lowest BCUT2D eigenvalue weighted by atomic mass is 10.2. The van der Waals surface area contributed by atoms with Crippen LogP contribution in [0.15, 0.2) is 18.2 Å². The maximum absolute atomic E-state index is 4.44. The average molecular weight is 190 g/mol. The molecule has 2 heteroatoms. The highest BCUT2D eigenvalue weighted by atomic mass is 15.0. The first kappa shape index (κ1) is 9.50. The Bertz CT molecular complexity index is 309. The molecule has 0 saturated heterocycles. The van der Waals surface area contributed by atoms with Gasteiger partial charge in [-0.15, -0.1) is 0 Å². The van der Waals surface area contributed by atoms with Crippen LogP contribution in [0.3, 0.4) is 0 Å². The zero-order valence-electron chi connectivity index (χ0n) is 8.96. The fourth-order valence-corrected chi connectivity index (χ4v) is 1.93. The molecule has 1 aliphatic rings. The highest BCUT2D eigenvalue weighted by molar-refractivity contribution is 5.38. The maximum atomic E-state index is 4.44. The summed E-state index contributed by atoms with van der Waals surface area (Å²) >= 11 is 0. The Labute approximate surface area is 85.7 Å². The number of aryl methyl sites for hydroxylation is 1. The highest BCUT2D eigenvalue weighted by Gasteiger charge is 2.35. The van der Waals surface area contributed by atoms with Gasteiger partial charge in [0.15, 0.2) is 0 Å². The Balaban J connectivity index is 1.87. The van der Waals surface area contributed by atoms with Gasteiger partial charge in [-0.2, -0.15) is 0 Å². The smallest absolute Gasteiger partial charge is 0.126 e. The quantitative estimate of drug-likeness (QED) is 0.789. The van der Waals surface area contributed by atoms with E-state index in [1.54, 1.807) is 0 Å². The average Bonchev–Trinajstić information content (AvgIpc) is 2.84. The van der Waals surface area contributed by atoms with Gasteiger partial charge in [-0.05, 0) is 37.8 Å². The summed E-state index contributed by atoms with van der Waals surface area (Å²) in [5, 5.41) is 3.48. The van der Waals surface area contributed by atoms with E-state index < -0.39 is 0 Å². The second-order valence-electron chi connectivity index (χ2n) is 4.20. The molecule has 1 aromatic rings. The van der Waals surface area contributed by atoms with Crippen LogP contribution in [0.25, 0.3) is 0 Å². The monoisotopic (exact) mass is 190 g/mol. The minimum atomic E-state index is 0.684. The standard InChI is InChI=1S/C12H18N2/c1-3-5-10-8-11(10)14-12-7-4-6-9(2)13-12/h4,6-7,10-11H,3,5,8H2,1-2H3,(H,13,14). The van der Waals surface area contributed by atoms with Gasteiger partial charge in [0.1, 0.15) is 5.82 Å². The fraction of sp³-hybridized carbons (Fsp3) is 0.583. The molecule has 14 heavy (non-hydrogen) atoms. The summed E-state index contributed by atoms with van der Waals surface area (Å²) in [6.07, 6.45) is 3.97. The van der Waals surface area contributed by atoms with Crippen LogP contribution >= 0.6 is 0 Å². The second kappa shape index (κ2) is 3.99. The summed E-state index contributed by atoms with van der Waals surface area (Å²) in [4.78, 5) is 4.44. The van der Waals surface area contributed by atoms with Crippen LogP contribution in [0, 0.1) is 12.8 Å². The van der Waals surface area contributed by atoms with Crippen LogP contribution in [-0.4, -0.2) is 11.0 Å². The van der Waals surface area contributed by atoms with E-state index in [4.69, 9.17) is 0 Å². The summed E-state index contributed by atoms with van der Waals surface area (Å²) in [5.74, 6) is 1.93. The molecule has 2 unspecified atom stereocenters. The molecule has 0 spiro atoms. The van der Waals surface area contributed by atoms with Crippen molar-refractivity contribution in [3.05, 3.63) is 23.9 Å². The molecule has 1 aromatic heterocycles. The number of pyridine rings is 1. The molecular weight excluding hydrogens is 172 g/mol. The van der Waals surface area contributed by atoms with Gasteiger partial charge in [0.05, 0.1) is 0 Å². The van der Waals surface area contributed by atoms with E-state index in [1.165, 1.54) is 19.3 Å². The fourth-order valence-electron chi connectivity index (χ4n) is 1.93. The number of hydrogen-bond acceptors (Lipinski definition) is 2. The van der Waals surface area contributed by atoms with Gasteiger partial charge in [-0.3, -0.25) is 0 Å². The Kier molecular flexibility index (Phi) is 2.71. The molecule has 0 amide bonds. The van der Waals surface area contributed by atoms with Crippen molar-refractivity contribution in [3.8, 4) is 0 Å². The third-order valence-electron chi connectivity index (χ3n) is 2.80. The van der Waals surface area contributed by atoms with Crippen molar-refractivity contribution in [2.75, 3.05) is 5.32 Å². The van der Waals surface area contributed by atoms with E-state index in [1.807, 2.05) is 19.1 Å². The molecule has 0 aliphatic heterocycles. The number of hydrogen-bond donors (Lipinski definition) is 1. The zero-order chi connectivity index (χ0) is 9.97. The molecule has 1 heterocycles. The van der Waals surface area contributed by atoms with Crippen molar-refractivity contribution < 1.29 is 0 Å². The summed E-state index contributed by atoms with van der Waals surface area (Å²) in [7, 11) is 0. The van der Waals surface area contributed by atoms with Crippen molar-refractivity contribution in [1.82, 2.24) is 4.98 Å². The maximum Gasteiger partial charge on any atom is 0.126 e. The minimum absolute atomic E-state index is 0.684. The van der Waals surface area contributed by atoms with Crippen molar-refractivity contribution in [1.29, 1.82) is 0 Å². The molecule has 1 N–H and O–H groups in total. The molecule has 0 radical (unpaired) electrons. The first-order valence-corrected chi connectivity index (χ1v) is 5.50. The van der Waals surface area contributed by atoms with Crippen LogP contribution in [0.1, 0.15) is 31.9 Å². The van der Waals surface area contributed by atoms with Gasteiger partial charge in [0, 0.05) is 11.7 Å². The summed E-state index contributed by atoms with van der Waals surface area (Å²) < 4.78 is 0. The molecule has 2 nitrogen and oxygen atoms in total. The third kappa shape index (κ3) is 2.25. The number of nitrogens with zero attached hydrogens (tertiary/aromatic N) is 1. The molecule has 1 saturated carbocycles. The SMILES string of the molecule is CCCC1CC1Nc1cccc(C)n1. The van der Waals surface area contributed by atoms with Gasteiger partial charge in [-0.1, -0.05) is 19.4 Å². The molecule has 2 atom stereocenters. The molecule has 1 fully saturated rings. The number of rotatable bonds is 4. The lowest BCUT2D eigenvalue weighted by Crippen LogP contribution is -2.06. The van der Waals surface area contributed by atoms with Crippen molar-refractivity contribution in [2.24, 2.45) is 5.92 Å². The molecule has 0 aromatic carbocycles. The predicted molar refractivity (Wildman–Crippen MR) is 59.4 cm³/mol. The van der Waals surface area contributed by atoms with E-state index in [9.17, 15) is 0 Å². The largest absolute Gasteiger partial charge is 0.367 e. The summed E-state index contributed by atoms with van der Waals surface area (Å²) in [5.41, 5.74) is 1.09. The Morgan fingerprint density at radius 3 is 3.07 bits per heavy atom. The van der Waals surface area contributed by atoms with E-state index in [-0.39, 0.29) is 0 Å². The first-order valence-electron chi connectivity index (χ1n) is 5.50. The topological polar surface area (TPSA) is 24.9 Å². The van der Waals surface area contributed by atoms with Crippen molar-refractivity contribution in [3.63, 3.8) is 0 Å². The van der Waals surface area contributed by atoms with Crippen LogP contribution in [0.2, 0.25) is 0 Å². The lowest BCUT2D eigenvalue weighted by Gasteiger charge is -2.04. The minimum Gasteiger partial charge on any atom is -0.367 e. The second-order valence-corrected chi connectivity index (χ2v) is 4.20. The van der Waals surface area contributed by atoms with Gasteiger partial charge in [-0.25, -0.2) is 4.98 Å². The predicted octanol–water partition coefficient (Wildman–Crippen LogP) is 2.99. The first-order chi connectivity index (χ1) is 6.79. The summed E-state index contributed by atoms with van der Waals surface area (Å²) in [6.45, 7) is 4.28. The zero-order valence-corrected chi connectivity index (χ0v) is 8.96. The van der Waals surface area contributed by atoms with Crippen LogP contribution in [0.5, 0.6) is 0 Å². The Morgan fingerprint density at radius 1 is 1.50 bits per heavy atom. The number of anilines is 1. The van der Waals surface area contributed by atoms with E-state index in [0.717, 1.165) is 17.4 Å². The molecule has 76 valence electrons. The summed E-state index contributed by atoms with van der Waals surface area (Å²) in [6, 6.07) is 6.82. The van der Waals surface area contributed by atoms with Gasteiger partial charge < -0.3 is 5.32 Å². The van der Waals surface area contributed by atoms with Gasteiger partial charge in [0.2, 0.25) is 0 Å². The van der Waals surface area contributed by atoms with E-state index in [2.05, 4.69) is 23.3 Å². The molecule has 2 rings (SSSR count). The van der Waals surface area contributed by atoms with E-state index >= 15 is 0 Å². The Morgan fingerprint density at radius 2 is 2.36 bits per heavy atom. The third-order valence-corrected chi connectivity index (χ3v) is 2.80. The molecule has 0 bridgehead atoms. The van der Waals surface area contributed by atoms with Crippen LogP contribution in [0.4, 0.5) is 5.82 Å². The number of nitrogens with one attached hydrogen (secondary N) is 1. The van der Waals surface area contributed by atoms with Gasteiger partial charge in [0.25, 0.3) is 0 Å². The van der Waals surface area contributed by atoms with Crippen LogP contribution in [-0.2, 0) is 0 Å².